The average Bonchev–Trinajstić information content (AvgIpc) is 2.98. The van der Waals surface area contributed by atoms with E-state index in [0.29, 0.717) is 5.92 Å². The zero-order valence-corrected chi connectivity index (χ0v) is 13.9. The zero-order chi connectivity index (χ0) is 15.1. The Labute approximate surface area is 130 Å². The first-order valence-corrected chi connectivity index (χ1v) is 8.38. The topological polar surface area (TPSA) is 18.5 Å². The highest BCUT2D eigenvalue weighted by Gasteiger charge is 2.11. The molecule has 1 aromatic carbocycles. The molecule has 118 valence electrons. The fourth-order valence-corrected chi connectivity index (χ4v) is 2.80. The lowest BCUT2D eigenvalue weighted by molar-refractivity contribution is 0.346. The Morgan fingerprint density at radius 2 is 1.81 bits per heavy atom. The molecule has 21 heavy (non-hydrogen) atoms. The summed E-state index contributed by atoms with van der Waals surface area (Å²) in [6.45, 7) is 11.4. The first-order valence-electron chi connectivity index (χ1n) is 8.38. The first-order chi connectivity index (χ1) is 10.1. The molecule has 0 saturated carbocycles. The van der Waals surface area contributed by atoms with Gasteiger partial charge in [-0.3, -0.25) is 0 Å². The summed E-state index contributed by atoms with van der Waals surface area (Å²) in [6, 6.07) is 8.98. The van der Waals surface area contributed by atoms with Gasteiger partial charge in [0.25, 0.3) is 0 Å². The minimum atomic E-state index is 0.709. The lowest BCUT2D eigenvalue weighted by atomic mass is 10.1. The summed E-state index contributed by atoms with van der Waals surface area (Å²) >= 11 is 0. The fraction of sp³-hybridized carbons (Fsp3) is 0.667. The number of hydrogen-bond donors (Lipinski definition) is 1. The monoisotopic (exact) mass is 289 g/mol. The zero-order valence-electron chi connectivity index (χ0n) is 13.9. The molecule has 0 aromatic heterocycles. The third-order valence-corrected chi connectivity index (χ3v) is 4.21. The Kier molecular flexibility index (Phi) is 6.52. The molecule has 0 atom stereocenters. The van der Waals surface area contributed by atoms with Crippen LogP contribution < -0.4 is 10.2 Å². The molecule has 0 unspecified atom stereocenters. The molecule has 1 aliphatic heterocycles. The van der Waals surface area contributed by atoms with Gasteiger partial charge in [0.05, 0.1) is 0 Å². The maximum absolute atomic E-state index is 3.49. The SMILES string of the molecule is CC(C)CNCc1ccc(N(C)CCN2CCCC2)cc1. The van der Waals surface area contributed by atoms with Crippen molar-refractivity contribution < 1.29 is 0 Å². The van der Waals surface area contributed by atoms with Crippen molar-refractivity contribution in [2.24, 2.45) is 5.92 Å². The van der Waals surface area contributed by atoms with Gasteiger partial charge in [-0.25, -0.2) is 0 Å². The van der Waals surface area contributed by atoms with Crippen molar-refractivity contribution in [2.45, 2.75) is 33.2 Å². The third kappa shape index (κ3) is 5.68. The van der Waals surface area contributed by atoms with Gasteiger partial charge >= 0.3 is 0 Å². The van der Waals surface area contributed by atoms with Gasteiger partial charge < -0.3 is 15.1 Å². The van der Waals surface area contributed by atoms with Crippen LogP contribution in [0.4, 0.5) is 5.69 Å². The van der Waals surface area contributed by atoms with Crippen molar-refractivity contribution >= 4 is 5.69 Å². The number of benzene rings is 1. The summed E-state index contributed by atoms with van der Waals surface area (Å²) in [4.78, 5) is 4.93. The summed E-state index contributed by atoms with van der Waals surface area (Å²) in [7, 11) is 2.20. The number of nitrogens with one attached hydrogen (secondary N) is 1. The Bertz CT molecular complexity index is 393. The highest BCUT2D eigenvalue weighted by molar-refractivity contribution is 5.46. The molecule has 0 amide bonds. The molecule has 1 N–H and O–H groups in total. The van der Waals surface area contributed by atoms with E-state index >= 15 is 0 Å². The summed E-state index contributed by atoms with van der Waals surface area (Å²) in [5.74, 6) is 0.709. The van der Waals surface area contributed by atoms with Crippen LogP contribution in [0.1, 0.15) is 32.3 Å². The van der Waals surface area contributed by atoms with E-state index in [2.05, 4.69) is 60.3 Å². The maximum Gasteiger partial charge on any atom is 0.0364 e. The summed E-state index contributed by atoms with van der Waals surface area (Å²) in [6.07, 6.45) is 2.75. The molecule has 1 aliphatic rings. The highest BCUT2D eigenvalue weighted by Crippen LogP contribution is 2.14. The fourth-order valence-electron chi connectivity index (χ4n) is 2.80. The van der Waals surface area contributed by atoms with Gasteiger partial charge in [-0.05, 0) is 56.1 Å². The predicted octanol–water partition coefficient (Wildman–Crippen LogP) is 2.96. The quantitative estimate of drug-likeness (QED) is 0.794. The summed E-state index contributed by atoms with van der Waals surface area (Å²) < 4.78 is 0. The van der Waals surface area contributed by atoms with Crippen LogP contribution in [0.3, 0.4) is 0 Å². The second-order valence-electron chi connectivity index (χ2n) is 6.66. The number of likely N-dealkylation sites (tertiary alicyclic amines) is 1. The van der Waals surface area contributed by atoms with E-state index in [4.69, 9.17) is 0 Å². The van der Waals surface area contributed by atoms with Crippen LogP contribution in [0, 0.1) is 5.92 Å². The Morgan fingerprint density at radius 3 is 2.43 bits per heavy atom. The molecule has 0 radical (unpaired) electrons. The number of rotatable bonds is 8. The van der Waals surface area contributed by atoms with Gasteiger partial charge in [0, 0.05) is 32.4 Å². The predicted molar refractivity (Wildman–Crippen MR) is 91.9 cm³/mol. The van der Waals surface area contributed by atoms with Gasteiger partial charge in [-0.2, -0.15) is 0 Å². The van der Waals surface area contributed by atoms with Gasteiger partial charge in [0.15, 0.2) is 0 Å². The van der Waals surface area contributed by atoms with Gasteiger partial charge in [-0.15, -0.1) is 0 Å². The average molecular weight is 289 g/mol. The second kappa shape index (κ2) is 8.40. The standard InChI is InChI=1S/C18H31N3/c1-16(2)14-19-15-17-6-8-18(9-7-17)20(3)12-13-21-10-4-5-11-21/h6-9,16,19H,4-5,10-15H2,1-3H3. The molecule has 0 spiro atoms. The van der Waals surface area contributed by atoms with E-state index in [1.54, 1.807) is 0 Å². The number of hydrogen-bond acceptors (Lipinski definition) is 3. The Hall–Kier alpha value is -1.06. The second-order valence-corrected chi connectivity index (χ2v) is 6.66. The molecular formula is C18H31N3. The van der Waals surface area contributed by atoms with Crippen molar-refractivity contribution in [1.29, 1.82) is 0 Å². The van der Waals surface area contributed by atoms with Crippen LogP contribution in [0.5, 0.6) is 0 Å². The smallest absolute Gasteiger partial charge is 0.0364 e. The molecule has 1 heterocycles. The van der Waals surface area contributed by atoms with E-state index in [9.17, 15) is 0 Å². The molecular weight excluding hydrogens is 258 g/mol. The van der Waals surface area contributed by atoms with Gasteiger partial charge in [0.2, 0.25) is 0 Å². The van der Waals surface area contributed by atoms with Crippen LogP contribution in [0.15, 0.2) is 24.3 Å². The van der Waals surface area contributed by atoms with E-state index in [0.717, 1.165) is 19.6 Å². The van der Waals surface area contributed by atoms with Crippen molar-refractivity contribution in [3.05, 3.63) is 29.8 Å². The minimum Gasteiger partial charge on any atom is -0.373 e. The van der Waals surface area contributed by atoms with Crippen LogP contribution in [0.25, 0.3) is 0 Å². The van der Waals surface area contributed by atoms with Crippen molar-refractivity contribution in [1.82, 2.24) is 10.2 Å². The van der Waals surface area contributed by atoms with Crippen LogP contribution in [0.2, 0.25) is 0 Å². The van der Waals surface area contributed by atoms with E-state index < -0.39 is 0 Å². The van der Waals surface area contributed by atoms with Gasteiger partial charge in [-0.1, -0.05) is 26.0 Å². The van der Waals surface area contributed by atoms with E-state index in [1.807, 2.05) is 0 Å². The van der Waals surface area contributed by atoms with Crippen molar-refractivity contribution in [2.75, 3.05) is 44.7 Å². The highest BCUT2D eigenvalue weighted by atomic mass is 15.2. The Balaban J connectivity index is 1.74. The number of nitrogens with zero attached hydrogens (tertiary/aromatic N) is 2. The van der Waals surface area contributed by atoms with Crippen molar-refractivity contribution in [3.8, 4) is 0 Å². The molecule has 3 heteroatoms. The van der Waals surface area contributed by atoms with Crippen LogP contribution in [-0.2, 0) is 6.54 Å². The van der Waals surface area contributed by atoms with Crippen molar-refractivity contribution in [3.63, 3.8) is 0 Å². The van der Waals surface area contributed by atoms with E-state index in [-0.39, 0.29) is 0 Å². The summed E-state index contributed by atoms with van der Waals surface area (Å²) in [5.41, 5.74) is 2.69. The largest absolute Gasteiger partial charge is 0.373 e. The number of likely N-dealkylation sites (N-methyl/N-ethyl adjacent to an activating group) is 1. The molecule has 3 nitrogen and oxygen atoms in total. The van der Waals surface area contributed by atoms with Gasteiger partial charge in [0.1, 0.15) is 0 Å². The Morgan fingerprint density at radius 1 is 1.14 bits per heavy atom. The molecule has 1 aromatic rings. The lowest BCUT2D eigenvalue weighted by Gasteiger charge is -2.23. The molecule has 1 fully saturated rings. The first kappa shape index (κ1) is 16.3. The third-order valence-electron chi connectivity index (χ3n) is 4.21. The molecule has 0 bridgehead atoms. The molecule has 1 saturated heterocycles. The van der Waals surface area contributed by atoms with E-state index in [1.165, 1.54) is 43.7 Å². The molecule has 2 rings (SSSR count). The van der Waals surface area contributed by atoms with Crippen LogP contribution >= 0.6 is 0 Å². The van der Waals surface area contributed by atoms with Crippen LogP contribution in [-0.4, -0.2) is 44.7 Å². The minimum absolute atomic E-state index is 0.709. The summed E-state index contributed by atoms with van der Waals surface area (Å²) in [5, 5.41) is 3.49. The number of anilines is 1. The maximum atomic E-state index is 3.49. The normalized spacial score (nSPS) is 15.8. The molecule has 0 aliphatic carbocycles. The lowest BCUT2D eigenvalue weighted by Crippen LogP contribution is -2.31.